The Labute approximate surface area is 215 Å². The quantitative estimate of drug-likeness (QED) is 0.325. The molecule has 2 amide bonds. The van der Waals surface area contributed by atoms with Gasteiger partial charge in [0.05, 0.1) is 31.3 Å². The zero-order chi connectivity index (χ0) is 27.4. The summed E-state index contributed by atoms with van der Waals surface area (Å²) in [5.74, 6) is -2.63. The highest BCUT2D eigenvalue weighted by Gasteiger charge is 2.24. The van der Waals surface area contributed by atoms with Gasteiger partial charge >= 0.3 is 11.8 Å². The smallest absolute Gasteiger partial charge is 0.315 e. The van der Waals surface area contributed by atoms with E-state index in [1.54, 1.807) is 24.3 Å². The number of ether oxygens (including phenoxy) is 2. The lowest BCUT2D eigenvalue weighted by molar-refractivity contribution is -0.133. The van der Waals surface area contributed by atoms with E-state index in [4.69, 9.17) is 9.47 Å². The number of nitrogens with one attached hydrogen (secondary N) is 3. The van der Waals surface area contributed by atoms with E-state index in [0.29, 0.717) is 17.1 Å². The molecule has 3 aromatic rings. The maximum Gasteiger partial charge on any atom is 0.315 e. The van der Waals surface area contributed by atoms with Crippen LogP contribution in [0.4, 0.5) is 15.2 Å². The second-order valence-electron chi connectivity index (χ2n) is 7.42. The summed E-state index contributed by atoms with van der Waals surface area (Å²) in [5, 5.41) is 4.21. The molecule has 0 aliphatic rings. The van der Waals surface area contributed by atoms with E-state index in [1.807, 2.05) is 0 Å². The molecule has 0 bridgehead atoms. The number of carbonyl (C=O) groups is 2. The highest BCUT2D eigenvalue weighted by Crippen LogP contribution is 2.35. The molecule has 3 N–H and O–H groups in total. The van der Waals surface area contributed by atoms with Crippen molar-refractivity contribution in [2.75, 3.05) is 30.3 Å². The highest BCUT2D eigenvalue weighted by atomic mass is 32.2. The van der Waals surface area contributed by atoms with Crippen LogP contribution in [0.3, 0.4) is 0 Å². The molecule has 0 unspecified atom stereocenters. The number of halogens is 1. The summed E-state index contributed by atoms with van der Waals surface area (Å²) in [5.41, 5.74) is -0.193. The Balaban J connectivity index is 1.79. The van der Waals surface area contributed by atoms with Crippen LogP contribution in [0, 0.1) is 5.82 Å². The van der Waals surface area contributed by atoms with Gasteiger partial charge in [0.1, 0.15) is 10.0 Å². The van der Waals surface area contributed by atoms with Crippen molar-refractivity contribution in [2.45, 2.75) is 10.8 Å². The van der Waals surface area contributed by atoms with Gasteiger partial charge in [-0.05, 0) is 24.3 Å². The first-order valence-corrected chi connectivity index (χ1v) is 14.7. The molecular formula is C21H21FN4O8S3. The first-order chi connectivity index (χ1) is 17.3. The summed E-state index contributed by atoms with van der Waals surface area (Å²) >= 11 is 0.546. The fraction of sp³-hybridized carbons (Fsp3) is 0.190. The maximum atomic E-state index is 13.9. The number of sulfonamides is 1. The van der Waals surface area contributed by atoms with Crippen molar-refractivity contribution in [3.05, 3.63) is 54.0 Å². The standard InChI is InChI=1S/C21H21FN4O8S3/c1-33-15-6-4-5-7-16(15)34-17-10-12(22)8-9-13(17)24-18(27)19(28)26-21-25-14(11-23-37(3,31)32)20(35-21)36(2,29)30/h4-10,23H,11H2,1-3H3,(H,24,27)(H,25,26,28). The highest BCUT2D eigenvalue weighted by molar-refractivity contribution is 7.93. The second-order valence-corrected chi connectivity index (χ2v) is 12.5. The van der Waals surface area contributed by atoms with Gasteiger partial charge in [0.15, 0.2) is 32.2 Å². The van der Waals surface area contributed by atoms with Crippen LogP contribution >= 0.6 is 11.3 Å². The summed E-state index contributed by atoms with van der Waals surface area (Å²) in [7, 11) is -6.07. The molecule has 198 valence electrons. The summed E-state index contributed by atoms with van der Waals surface area (Å²) < 4.78 is 73.4. The molecule has 16 heteroatoms. The number of methoxy groups -OCH3 is 1. The number of carbonyl (C=O) groups excluding carboxylic acids is 2. The van der Waals surface area contributed by atoms with E-state index < -0.39 is 44.0 Å². The number of amides is 2. The minimum atomic E-state index is -3.82. The van der Waals surface area contributed by atoms with Crippen molar-refractivity contribution >= 4 is 53.8 Å². The van der Waals surface area contributed by atoms with Gasteiger partial charge in [-0.2, -0.15) is 0 Å². The average Bonchev–Trinajstić information content (AvgIpc) is 3.22. The normalized spacial score (nSPS) is 11.6. The number of rotatable bonds is 9. The van der Waals surface area contributed by atoms with Gasteiger partial charge in [-0.15, -0.1) is 0 Å². The fourth-order valence-electron chi connectivity index (χ4n) is 2.83. The van der Waals surface area contributed by atoms with Crippen molar-refractivity contribution in [3.63, 3.8) is 0 Å². The van der Waals surface area contributed by atoms with E-state index in [1.165, 1.54) is 13.2 Å². The SMILES string of the molecule is COc1ccccc1Oc1cc(F)ccc1NC(=O)C(=O)Nc1nc(CNS(C)(=O)=O)c(S(C)(=O)=O)s1. The second kappa shape index (κ2) is 11.2. The Morgan fingerprint density at radius 3 is 2.24 bits per heavy atom. The van der Waals surface area contributed by atoms with E-state index in [-0.39, 0.29) is 32.2 Å². The molecular weight excluding hydrogens is 551 g/mol. The summed E-state index contributed by atoms with van der Waals surface area (Å²) in [6, 6.07) is 9.75. The zero-order valence-corrected chi connectivity index (χ0v) is 22.0. The van der Waals surface area contributed by atoms with Crippen molar-refractivity contribution in [3.8, 4) is 17.2 Å². The minimum absolute atomic E-state index is 0.0403. The molecule has 0 spiro atoms. The average molecular weight is 573 g/mol. The number of para-hydroxylation sites is 2. The van der Waals surface area contributed by atoms with Crippen molar-refractivity contribution < 1.29 is 40.3 Å². The molecule has 1 heterocycles. The van der Waals surface area contributed by atoms with Crippen LogP contribution in [0.25, 0.3) is 0 Å². The molecule has 2 aromatic carbocycles. The monoisotopic (exact) mass is 572 g/mol. The largest absolute Gasteiger partial charge is 0.493 e. The lowest BCUT2D eigenvalue weighted by atomic mass is 10.2. The van der Waals surface area contributed by atoms with E-state index in [0.717, 1.165) is 24.6 Å². The molecule has 3 rings (SSSR count). The van der Waals surface area contributed by atoms with Gasteiger partial charge in [0, 0.05) is 12.3 Å². The lowest BCUT2D eigenvalue weighted by Crippen LogP contribution is -2.29. The molecule has 0 fully saturated rings. The van der Waals surface area contributed by atoms with E-state index >= 15 is 0 Å². The molecule has 0 aliphatic carbocycles. The van der Waals surface area contributed by atoms with Gasteiger partial charge in [0.2, 0.25) is 10.0 Å². The molecule has 0 saturated carbocycles. The Morgan fingerprint density at radius 2 is 1.62 bits per heavy atom. The molecule has 12 nitrogen and oxygen atoms in total. The molecule has 0 saturated heterocycles. The number of hydrogen-bond donors (Lipinski definition) is 3. The number of hydrogen-bond acceptors (Lipinski definition) is 10. The predicted octanol–water partition coefficient (Wildman–Crippen LogP) is 2.11. The summed E-state index contributed by atoms with van der Waals surface area (Å²) in [6.45, 7) is -0.445. The van der Waals surface area contributed by atoms with Gasteiger partial charge in [-0.1, -0.05) is 23.5 Å². The van der Waals surface area contributed by atoms with Crippen LogP contribution in [0.1, 0.15) is 5.69 Å². The van der Waals surface area contributed by atoms with Gasteiger partial charge < -0.3 is 14.8 Å². The van der Waals surface area contributed by atoms with Crippen LogP contribution < -0.4 is 24.8 Å². The molecule has 0 radical (unpaired) electrons. The predicted molar refractivity (Wildman–Crippen MR) is 134 cm³/mol. The molecule has 1 aromatic heterocycles. The third kappa shape index (κ3) is 7.69. The number of benzene rings is 2. The number of sulfone groups is 1. The fourth-order valence-corrected chi connectivity index (χ4v) is 5.33. The number of aromatic nitrogens is 1. The number of anilines is 2. The first kappa shape index (κ1) is 28.0. The first-order valence-electron chi connectivity index (χ1n) is 10.1. The van der Waals surface area contributed by atoms with Crippen molar-refractivity contribution in [1.29, 1.82) is 0 Å². The van der Waals surface area contributed by atoms with Crippen LogP contribution in [-0.4, -0.2) is 53.3 Å². The van der Waals surface area contributed by atoms with Gasteiger partial charge in [-0.25, -0.2) is 30.9 Å². The van der Waals surface area contributed by atoms with Crippen LogP contribution in [-0.2, 0) is 36.0 Å². The maximum absolute atomic E-state index is 13.9. The number of nitrogens with zero attached hydrogens (tertiary/aromatic N) is 1. The lowest BCUT2D eigenvalue weighted by Gasteiger charge is -2.14. The third-order valence-electron chi connectivity index (χ3n) is 4.41. The van der Waals surface area contributed by atoms with Crippen molar-refractivity contribution in [1.82, 2.24) is 9.71 Å². The summed E-state index contributed by atoms with van der Waals surface area (Å²) in [6.07, 6.45) is 1.77. The third-order valence-corrected chi connectivity index (χ3v) is 7.95. The molecule has 37 heavy (non-hydrogen) atoms. The Kier molecular flexibility index (Phi) is 8.47. The Hall–Kier alpha value is -3.60. The number of thiazole rings is 1. The van der Waals surface area contributed by atoms with Crippen molar-refractivity contribution in [2.24, 2.45) is 0 Å². The molecule has 0 atom stereocenters. The van der Waals surface area contributed by atoms with Gasteiger partial charge in [0.25, 0.3) is 0 Å². The minimum Gasteiger partial charge on any atom is -0.493 e. The van der Waals surface area contributed by atoms with Gasteiger partial charge in [-0.3, -0.25) is 14.9 Å². The van der Waals surface area contributed by atoms with E-state index in [2.05, 4.69) is 20.3 Å². The van der Waals surface area contributed by atoms with Crippen LogP contribution in [0.15, 0.2) is 46.7 Å². The van der Waals surface area contributed by atoms with Crippen LogP contribution in [0.5, 0.6) is 17.2 Å². The molecule has 0 aliphatic heterocycles. The Morgan fingerprint density at radius 1 is 0.973 bits per heavy atom. The Bertz CT molecular complexity index is 1560. The summed E-state index contributed by atoms with van der Waals surface area (Å²) in [4.78, 5) is 29.0. The van der Waals surface area contributed by atoms with Crippen LogP contribution in [0.2, 0.25) is 0 Å². The topological polar surface area (TPSA) is 170 Å². The van der Waals surface area contributed by atoms with E-state index in [9.17, 15) is 30.8 Å². The zero-order valence-electron chi connectivity index (χ0n) is 19.6.